The van der Waals surface area contributed by atoms with Crippen LogP contribution in [0.2, 0.25) is 0 Å². The first-order valence-electron chi connectivity index (χ1n) is 9.00. The molecule has 2 aromatic carbocycles. The number of likely N-dealkylation sites (tertiary alicyclic amines) is 1. The number of carbonyl (C=O) groups excluding carboxylic acids is 2. The second-order valence-electron chi connectivity index (χ2n) is 6.81. The fourth-order valence-corrected chi connectivity index (χ4v) is 3.65. The topological polar surface area (TPSA) is 53.2 Å². The minimum absolute atomic E-state index is 0.0426. The molecule has 5 heteroatoms. The van der Waals surface area contributed by atoms with Gasteiger partial charge in [-0.2, -0.15) is 0 Å². The van der Waals surface area contributed by atoms with Crippen molar-refractivity contribution in [1.82, 2.24) is 4.90 Å². The second-order valence-corrected chi connectivity index (χ2v) is 6.81. The van der Waals surface area contributed by atoms with Crippen molar-refractivity contribution in [2.75, 3.05) is 18.5 Å². The van der Waals surface area contributed by atoms with E-state index in [1.54, 1.807) is 16.8 Å². The van der Waals surface area contributed by atoms with Gasteiger partial charge in [-0.25, -0.2) is 0 Å². The van der Waals surface area contributed by atoms with E-state index >= 15 is 0 Å². The standard InChI is InChI=1S/C21H22N2O3/c1-22(16-11-6-3-7-12-16)20(24)17-13-8-14-23(17)21(25)19-18(26-19)15-9-4-2-5-10-15/h2-7,9-12,17-19H,8,13-14H2,1H3/t17-,18-,19-/m0/s1. The van der Waals surface area contributed by atoms with Crippen LogP contribution in [-0.2, 0) is 14.3 Å². The van der Waals surface area contributed by atoms with Crippen LogP contribution < -0.4 is 4.90 Å². The third-order valence-corrected chi connectivity index (χ3v) is 5.16. The molecule has 2 saturated heterocycles. The maximum Gasteiger partial charge on any atom is 0.255 e. The van der Waals surface area contributed by atoms with Gasteiger partial charge in [0.25, 0.3) is 5.91 Å². The summed E-state index contributed by atoms with van der Waals surface area (Å²) in [4.78, 5) is 29.2. The van der Waals surface area contributed by atoms with Gasteiger partial charge < -0.3 is 14.5 Å². The molecule has 0 aliphatic carbocycles. The lowest BCUT2D eigenvalue weighted by Crippen LogP contribution is -2.48. The molecule has 2 heterocycles. The molecule has 134 valence electrons. The Morgan fingerprint density at radius 1 is 1.04 bits per heavy atom. The summed E-state index contributed by atoms with van der Waals surface area (Å²) in [5.74, 6) is -0.116. The molecule has 0 radical (unpaired) electrons. The molecule has 2 amide bonds. The van der Waals surface area contributed by atoms with E-state index in [1.165, 1.54) is 0 Å². The number of epoxide rings is 1. The third-order valence-electron chi connectivity index (χ3n) is 5.16. The Hall–Kier alpha value is -2.66. The van der Waals surface area contributed by atoms with Crippen LogP contribution in [0.15, 0.2) is 60.7 Å². The van der Waals surface area contributed by atoms with Gasteiger partial charge in [-0.05, 0) is 30.5 Å². The number of rotatable bonds is 4. The molecule has 2 aliphatic rings. The minimum atomic E-state index is -0.465. The molecular weight excluding hydrogens is 328 g/mol. The number of nitrogens with zero attached hydrogens (tertiary/aromatic N) is 2. The molecule has 26 heavy (non-hydrogen) atoms. The Kier molecular flexibility index (Phi) is 4.47. The number of hydrogen-bond donors (Lipinski definition) is 0. The normalized spacial score (nSPS) is 24.3. The van der Waals surface area contributed by atoms with Crippen molar-refractivity contribution in [3.05, 3.63) is 66.2 Å². The zero-order chi connectivity index (χ0) is 18.1. The van der Waals surface area contributed by atoms with Crippen LogP contribution in [0, 0.1) is 0 Å². The predicted octanol–water partition coefficient (Wildman–Crippen LogP) is 2.78. The summed E-state index contributed by atoms with van der Waals surface area (Å²) in [5.41, 5.74) is 1.84. The van der Waals surface area contributed by atoms with E-state index in [0.717, 1.165) is 17.7 Å². The summed E-state index contributed by atoms with van der Waals surface area (Å²) in [5, 5.41) is 0. The lowest BCUT2D eigenvalue weighted by molar-refractivity contribution is -0.138. The Morgan fingerprint density at radius 3 is 2.38 bits per heavy atom. The van der Waals surface area contributed by atoms with E-state index in [2.05, 4.69) is 0 Å². The van der Waals surface area contributed by atoms with Crippen molar-refractivity contribution in [3.8, 4) is 0 Å². The zero-order valence-corrected chi connectivity index (χ0v) is 14.7. The average Bonchev–Trinajstić information content (AvgIpc) is 3.35. The van der Waals surface area contributed by atoms with Crippen LogP contribution in [0.25, 0.3) is 0 Å². The number of likely N-dealkylation sites (N-methyl/N-ethyl adjacent to an activating group) is 1. The van der Waals surface area contributed by atoms with E-state index in [-0.39, 0.29) is 17.9 Å². The summed E-state index contributed by atoms with van der Waals surface area (Å²) >= 11 is 0. The van der Waals surface area contributed by atoms with E-state index in [0.29, 0.717) is 13.0 Å². The first-order chi connectivity index (χ1) is 12.7. The van der Waals surface area contributed by atoms with Crippen molar-refractivity contribution in [3.63, 3.8) is 0 Å². The van der Waals surface area contributed by atoms with Crippen LogP contribution in [0.1, 0.15) is 24.5 Å². The molecule has 4 rings (SSSR count). The van der Waals surface area contributed by atoms with Gasteiger partial charge in [0.15, 0.2) is 6.10 Å². The van der Waals surface area contributed by atoms with Crippen LogP contribution in [0.3, 0.4) is 0 Å². The van der Waals surface area contributed by atoms with Gasteiger partial charge >= 0.3 is 0 Å². The minimum Gasteiger partial charge on any atom is -0.354 e. The second kappa shape index (κ2) is 6.92. The molecule has 3 atom stereocenters. The Morgan fingerprint density at radius 2 is 1.69 bits per heavy atom. The van der Waals surface area contributed by atoms with Crippen molar-refractivity contribution in [1.29, 1.82) is 0 Å². The largest absolute Gasteiger partial charge is 0.354 e. The molecule has 0 aromatic heterocycles. The van der Waals surface area contributed by atoms with E-state index < -0.39 is 12.1 Å². The van der Waals surface area contributed by atoms with Gasteiger partial charge in [-0.1, -0.05) is 48.5 Å². The highest BCUT2D eigenvalue weighted by atomic mass is 16.6. The van der Waals surface area contributed by atoms with Crippen molar-refractivity contribution < 1.29 is 14.3 Å². The molecule has 0 unspecified atom stereocenters. The lowest BCUT2D eigenvalue weighted by Gasteiger charge is -2.27. The maximum atomic E-state index is 12.9. The molecule has 0 bridgehead atoms. The molecule has 0 N–H and O–H groups in total. The van der Waals surface area contributed by atoms with Crippen LogP contribution in [-0.4, -0.2) is 42.5 Å². The van der Waals surface area contributed by atoms with Crippen molar-refractivity contribution in [2.45, 2.75) is 31.1 Å². The number of anilines is 1. The van der Waals surface area contributed by atoms with Gasteiger partial charge in [0, 0.05) is 19.3 Å². The van der Waals surface area contributed by atoms with E-state index in [9.17, 15) is 9.59 Å². The van der Waals surface area contributed by atoms with E-state index in [4.69, 9.17) is 4.74 Å². The first kappa shape index (κ1) is 16.8. The van der Waals surface area contributed by atoms with Gasteiger partial charge in [0.2, 0.25) is 5.91 Å². The number of hydrogen-bond acceptors (Lipinski definition) is 3. The van der Waals surface area contributed by atoms with Crippen LogP contribution in [0.4, 0.5) is 5.69 Å². The van der Waals surface area contributed by atoms with Gasteiger partial charge in [-0.3, -0.25) is 9.59 Å². The Bertz CT molecular complexity index is 793. The zero-order valence-electron chi connectivity index (χ0n) is 14.7. The van der Waals surface area contributed by atoms with Crippen LogP contribution in [0.5, 0.6) is 0 Å². The number of amides is 2. The summed E-state index contributed by atoms with van der Waals surface area (Å²) in [6.07, 6.45) is 0.887. The number of ether oxygens (including phenoxy) is 1. The molecule has 5 nitrogen and oxygen atoms in total. The maximum absolute atomic E-state index is 12.9. The number of carbonyl (C=O) groups is 2. The van der Waals surface area contributed by atoms with Gasteiger partial charge in [0.05, 0.1) is 0 Å². The van der Waals surface area contributed by atoms with Crippen molar-refractivity contribution >= 4 is 17.5 Å². The molecular formula is C21H22N2O3. The van der Waals surface area contributed by atoms with E-state index in [1.807, 2.05) is 60.7 Å². The average molecular weight is 350 g/mol. The fourth-order valence-electron chi connectivity index (χ4n) is 3.65. The summed E-state index contributed by atoms with van der Waals surface area (Å²) in [7, 11) is 1.76. The SMILES string of the molecule is CN(C(=O)[C@@H]1CCCN1C(=O)[C@H]1O[C@H]1c1ccccc1)c1ccccc1. The molecule has 2 aliphatic heterocycles. The highest BCUT2D eigenvalue weighted by molar-refractivity contribution is 5.99. The Labute approximate surface area is 153 Å². The number of benzene rings is 2. The molecule has 0 spiro atoms. The highest BCUT2D eigenvalue weighted by Crippen LogP contribution is 2.40. The highest BCUT2D eigenvalue weighted by Gasteiger charge is 2.50. The quantitative estimate of drug-likeness (QED) is 0.797. The fraction of sp³-hybridized carbons (Fsp3) is 0.333. The number of para-hydroxylation sites is 1. The smallest absolute Gasteiger partial charge is 0.255 e. The lowest BCUT2D eigenvalue weighted by atomic mass is 10.1. The van der Waals surface area contributed by atoms with Gasteiger partial charge in [0.1, 0.15) is 12.1 Å². The van der Waals surface area contributed by atoms with Gasteiger partial charge in [-0.15, -0.1) is 0 Å². The summed E-state index contributed by atoms with van der Waals surface area (Å²) in [6, 6.07) is 18.9. The molecule has 0 saturated carbocycles. The summed E-state index contributed by atoms with van der Waals surface area (Å²) < 4.78 is 5.63. The molecule has 2 fully saturated rings. The predicted molar refractivity (Wildman–Crippen MR) is 98.6 cm³/mol. The monoisotopic (exact) mass is 350 g/mol. The Balaban J connectivity index is 1.45. The van der Waals surface area contributed by atoms with Crippen molar-refractivity contribution in [2.24, 2.45) is 0 Å². The first-order valence-corrected chi connectivity index (χ1v) is 9.00. The van der Waals surface area contributed by atoms with Crippen LogP contribution >= 0.6 is 0 Å². The third kappa shape index (κ3) is 3.10. The summed E-state index contributed by atoms with van der Waals surface area (Å²) in [6.45, 7) is 0.610. The molecule has 2 aromatic rings.